The highest BCUT2D eigenvalue weighted by atomic mass is 19.3. The van der Waals surface area contributed by atoms with Gasteiger partial charge in [-0.1, -0.05) is 20.8 Å². The SMILES string of the molecule is CC1CCC(CNC(C)C)(OCC(F)F)CC1. The van der Waals surface area contributed by atoms with Gasteiger partial charge in [0.15, 0.2) is 0 Å². The van der Waals surface area contributed by atoms with Crippen molar-refractivity contribution < 1.29 is 13.5 Å². The van der Waals surface area contributed by atoms with Crippen LogP contribution < -0.4 is 5.32 Å². The molecule has 0 spiro atoms. The lowest BCUT2D eigenvalue weighted by Crippen LogP contribution is -2.48. The van der Waals surface area contributed by atoms with Crippen LogP contribution in [0.4, 0.5) is 8.78 Å². The molecule has 102 valence electrons. The Morgan fingerprint density at radius 1 is 1.29 bits per heavy atom. The van der Waals surface area contributed by atoms with E-state index in [0.717, 1.165) is 25.7 Å². The molecule has 4 heteroatoms. The number of hydrogen-bond acceptors (Lipinski definition) is 2. The Morgan fingerprint density at radius 2 is 1.88 bits per heavy atom. The Kier molecular flexibility index (Phi) is 5.80. The summed E-state index contributed by atoms with van der Waals surface area (Å²) in [4.78, 5) is 0. The molecule has 0 unspecified atom stereocenters. The van der Waals surface area contributed by atoms with Crippen LogP contribution in [-0.4, -0.2) is 31.2 Å². The summed E-state index contributed by atoms with van der Waals surface area (Å²) < 4.78 is 30.1. The molecular weight excluding hydrogens is 224 g/mol. The number of alkyl halides is 2. The van der Waals surface area contributed by atoms with Crippen LogP contribution in [0.25, 0.3) is 0 Å². The van der Waals surface area contributed by atoms with E-state index in [1.807, 2.05) is 0 Å². The maximum absolute atomic E-state index is 12.3. The fraction of sp³-hybridized carbons (Fsp3) is 1.00. The van der Waals surface area contributed by atoms with Crippen molar-refractivity contribution in [2.45, 2.75) is 64.5 Å². The first-order valence-electron chi connectivity index (χ1n) is 6.59. The zero-order chi connectivity index (χ0) is 12.9. The highest BCUT2D eigenvalue weighted by Crippen LogP contribution is 2.34. The maximum atomic E-state index is 12.3. The van der Waals surface area contributed by atoms with Crippen LogP contribution in [0, 0.1) is 5.92 Å². The average molecular weight is 249 g/mol. The summed E-state index contributed by atoms with van der Waals surface area (Å²) in [5.41, 5.74) is -0.368. The van der Waals surface area contributed by atoms with E-state index in [4.69, 9.17) is 4.74 Å². The van der Waals surface area contributed by atoms with Crippen LogP contribution in [0.3, 0.4) is 0 Å². The number of hydrogen-bond donors (Lipinski definition) is 1. The average Bonchev–Trinajstić information content (AvgIpc) is 2.27. The van der Waals surface area contributed by atoms with Gasteiger partial charge in [0, 0.05) is 12.6 Å². The molecule has 1 aliphatic rings. The zero-order valence-corrected chi connectivity index (χ0v) is 11.1. The van der Waals surface area contributed by atoms with E-state index in [2.05, 4.69) is 26.1 Å². The van der Waals surface area contributed by atoms with Gasteiger partial charge in [0.05, 0.1) is 5.60 Å². The predicted molar refractivity (Wildman–Crippen MR) is 65.5 cm³/mol. The molecule has 1 aliphatic carbocycles. The Balaban J connectivity index is 2.50. The van der Waals surface area contributed by atoms with Gasteiger partial charge in [0.2, 0.25) is 0 Å². The first-order chi connectivity index (χ1) is 7.93. The van der Waals surface area contributed by atoms with Crippen LogP contribution in [0.15, 0.2) is 0 Å². The van der Waals surface area contributed by atoms with Gasteiger partial charge in [-0.2, -0.15) is 0 Å². The van der Waals surface area contributed by atoms with E-state index >= 15 is 0 Å². The molecule has 0 bridgehead atoms. The van der Waals surface area contributed by atoms with E-state index in [1.165, 1.54) is 0 Å². The number of rotatable bonds is 6. The fourth-order valence-corrected chi connectivity index (χ4v) is 2.29. The number of nitrogens with one attached hydrogen (secondary N) is 1. The Bertz CT molecular complexity index is 199. The standard InChI is InChI=1S/C13H25F2NO/c1-10(2)16-9-13(17-8-12(14)15)6-4-11(3)5-7-13/h10-12,16H,4-9H2,1-3H3. The second-order valence-electron chi connectivity index (χ2n) is 5.60. The van der Waals surface area contributed by atoms with Gasteiger partial charge in [-0.3, -0.25) is 0 Å². The minimum atomic E-state index is -2.37. The lowest BCUT2D eigenvalue weighted by molar-refractivity contribution is -0.110. The third kappa shape index (κ3) is 5.30. The van der Waals surface area contributed by atoms with Crippen LogP contribution in [0.5, 0.6) is 0 Å². The normalized spacial score (nSPS) is 30.2. The summed E-state index contributed by atoms with van der Waals surface area (Å²) in [6.07, 6.45) is 1.55. The summed E-state index contributed by atoms with van der Waals surface area (Å²) in [6.45, 7) is 6.59. The van der Waals surface area contributed by atoms with E-state index < -0.39 is 13.0 Å². The molecule has 0 saturated heterocycles. The van der Waals surface area contributed by atoms with Crippen molar-refractivity contribution in [2.24, 2.45) is 5.92 Å². The Labute approximate surface area is 103 Å². The molecule has 0 aromatic carbocycles. The van der Waals surface area contributed by atoms with Crippen molar-refractivity contribution in [1.82, 2.24) is 5.32 Å². The van der Waals surface area contributed by atoms with Crippen molar-refractivity contribution in [2.75, 3.05) is 13.2 Å². The summed E-state index contributed by atoms with van der Waals surface area (Å²) >= 11 is 0. The topological polar surface area (TPSA) is 21.3 Å². The molecule has 0 atom stereocenters. The molecule has 1 saturated carbocycles. The summed E-state index contributed by atoms with van der Waals surface area (Å²) in [7, 11) is 0. The largest absolute Gasteiger partial charge is 0.368 e. The molecule has 1 N–H and O–H groups in total. The summed E-state index contributed by atoms with van der Waals surface area (Å²) in [5, 5.41) is 3.32. The summed E-state index contributed by atoms with van der Waals surface area (Å²) in [5.74, 6) is 0.692. The monoisotopic (exact) mass is 249 g/mol. The molecular formula is C13H25F2NO. The number of halogens is 2. The molecule has 0 radical (unpaired) electrons. The van der Waals surface area contributed by atoms with Gasteiger partial charge in [-0.25, -0.2) is 8.78 Å². The van der Waals surface area contributed by atoms with Gasteiger partial charge >= 0.3 is 0 Å². The van der Waals surface area contributed by atoms with Crippen LogP contribution in [-0.2, 0) is 4.74 Å². The minimum absolute atomic E-state index is 0.362. The lowest BCUT2D eigenvalue weighted by atomic mass is 9.79. The van der Waals surface area contributed by atoms with Crippen LogP contribution in [0.1, 0.15) is 46.5 Å². The van der Waals surface area contributed by atoms with Crippen LogP contribution >= 0.6 is 0 Å². The molecule has 0 aromatic heterocycles. The second kappa shape index (κ2) is 6.64. The molecule has 1 rings (SSSR count). The zero-order valence-electron chi connectivity index (χ0n) is 11.1. The van der Waals surface area contributed by atoms with E-state index in [1.54, 1.807) is 0 Å². The highest BCUT2D eigenvalue weighted by Gasteiger charge is 2.35. The summed E-state index contributed by atoms with van der Waals surface area (Å²) in [6, 6.07) is 0.362. The molecule has 2 nitrogen and oxygen atoms in total. The van der Waals surface area contributed by atoms with E-state index in [9.17, 15) is 8.78 Å². The van der Waals surface area contributed by atoms with Crippen molar-refractivity contribution >= 4 is 0 Å². The first kappa shape index (κ1) is 14.8. The molecule has 0 aliphatic heterocycles. The van der Waals surface area contributed by atoms with E-state index in [0.29, 0.717) is 18.5 Å². The molecule has 0 aromatic rings. The third-order valence-corrected chi connectivity index (χ3v) is 3.53. The third-order valence-electron chi connectivity index (χ3n) is 3.53. The van der Waals surface area contributed by atoms with Gasteiger partial charge < -0.3 is 10.1 Å². The van der Waals surface area contributed by atoms with Crippen LogP contribution in [0.2, 0.25) is 0 Å². The van der Waals surface area contributed by atoms with Gasteiger partial charge in [0.25, 0.3) is 6.43 Å². The molecule has 0 amide bonds. The quantitative estimate of drug-likeness (QED) is 0.780. The Hall–Kier alpha value is -0.220. The molecule has 17 heavy (non-hydrogen) atoms. The lowest BCUT2D eigenvalue weighted by Gasteiger charge is -2.40. The smallest absolute Gasteiger partial charge is 0.261 e. The van der Waals surface area contributed by atoms with Crippen molar-refractivity contribution in [3.63, 3.8) is 0 Å². The molecule has 1 fully saturated rings. The van der Waals surface area contributed by atoms with Crippen molar-refractivity contribution in [3.8, 4) is 0 Å². The number of ether oxygens (including phenoxy) is 1. The maximum Gasteiger partial charge on any atom is 0.261 e. The highest BCUT2D eigenvalue weighted by molar-refractivity contribution is 4.89. The van der Waals surface area contributed by atoms with Gasteiger partial charge in [-0.05, 0) is 31.6 Å². The molecule has 0 heterocycles. The van der Waals surface area contributed by atoms with Crippen molar-refractivity contribution in [3.05, 3.63) is 0 Å². The van der Waals surface area contributed by atoms with Crippen molar-refractivity contribution in [1.29, 1.82) is 0 Å². The predicted octanol–water partition coefficient (Wildman–Crippen LogP) is 3.22. The first-order valence-corrected chi connectivity index (χ1v) is 6.59. The van der Waals surface area contributed by atoms with Gasteiger partial charge in [0.1, 0.15) is 6.61 Å². The Morgan fingerprint density at radius 3 is 2.35 bits per heavy atom. The van der Waals surface area contributed by atoms with E-state index in [-0.39, 0.29) is 5.60 Å². The second-order valence-corrected chi connectivity index (χ2v) is 5.60. The minimum Gasteiger partial charge on any atom is -0.368 e. The van der Waals surface area contributed by atoms with Gasteiger partial charge in [-0.15, -0.1) is 0 Å². The fourth-order valence-electron chi connectivity index (χ4n) is 2.29.